The lowest BCUT2D eigenvalue weighted by Crippen LogP contribution is -2.35. The number of hydrogen-bond donors (Lipinski definition) is 2. The molecule has 0 spiro atoms. The molecule has 0 aliphatic rings. The first kappa shape index (κ1) is 11.6. The van der Waals surface area contributed by atoms with E-state index in [0.29, 0.717) is 13.0 Å². The minimum absolute atomic E-state index is 0.398. The lowest BCUT2D eigenvalue weighted by atomic mass is 10.3. The van der Waals surface area contributed by atoms with Crippen LogP contribution in [0.25, 0.3) is 0 Å². The van der Waals surface area contributed by atoms with Gasteiger partial charge in [0.05, 0.1) is 6.33 Å². The van der Waals surface area contributed by atoms with Gasteiger partial charge in [-0.1, -0.05) is 34.8 Å². The highest BCUT2D eigenvalue weighted by atomic mass is 35.6. The fourth-order valence-electron chi connectivity index (χ4n) is 0.832. The number of carbonyl (C=O) groups is 1. The lowest BCUT2D eigenvalue weighted by molar-refractivity contribution is -0.120. The molecule has 1 rings (SSSR count). The van der Waals surface area contributed by atoms with Gasteiger partial charge in [0.2, 0.25) is 0 Å². The second-order valence-electron chi connectivity index (χ2n) is 2.58. The van der Waals surface area contributed by atoms with E-state index in [0.717, 1.165) is 5.69 Å². The van der Waals surface area contributed by atoms with E-state index in [1.54, 1.807) is 12.5 Å². The molecule has 0 saturated heterocycles. The van der Waals surface area contributed by atoms with Gasteiger partial charge >= 0.3 is 0 Å². The predicted molar refractivity (Wildman–Crippen MR) is 55.6 cm³/mol. The average Bonchev–Trinajstić information content (AvgIpc) is 2.55. The van der Waals surface area contributed by atoms with E-state index < -0.39 is 9.70 Å². The summed E-state index contributed by atoms with van der Waals surface area (Å²) in [5.41, 5.74) is 0.912. The second-order valence-corrected chi connectivity index (χ2v) is 4.86. The maximum absolute atomic E-state index is 11.1. The quantitative estimate of drug-likeness (QED) is 0.804. The highest BCUT2D eigenvalue weighted by Gasteiger charge is 2.29. The van der Waals surface area contributed by atoms with Gasteiger partial charge in [-0.15, -0.1) is 0 Å². The molecule has 78 valence electrons. The van der Waals surface area contributed by atoms with Crippen LogP contribution in [-0.4, -0.2) is 26.2 Å². The van der Waals surface area contributed by atoms with Gasteiger partial charge in [0.15, 0.2) is 0 Å². The molecule has 0 aliphatic heterocycles. The number of aromatic amines is 1. The molecule has 1 heterocycles. The molecule has 0 aromatic carbocycles. The summed E-state index contributed by atoms with van der Waals surface area (Å²) < 4.78 is -1.89. The third kappa shape index (κ3) is 3.74. The Bertz CT molecular complexity index is 294. The van der Waals surface area contributed by atoms with Crippen molar-refractivity contribution in [1.82, 2.24) is 15.3 Å². The largest absolute Gasteiger partial charge is 0.352 e. The Labute approximate surface area is 95.9 Å². The minimum atomic E-state index is -1.89. The molecule has 1 aromatic heterocycles. The van der Waals surface area contributed by atoms with E-state index in [2.05, 4.69) is 15.3 Å². The van der Waals surface area contributed by atoms with E-state index in [4.69, 9.17) is 34.8 Å². The number of aromatic nitrogens is 2. The van der Waals surface area contributed by atoms with Gasteiger partial charge < -0.3 is 10.3 Å². The highest BCUT2D eigenvalue weighted by molar-refractivity contribution is 6.76. The lowest BCUT2D eigenvalue weighted by Gasteiger charge is -2.10. The number of nitrogens with zero attached hydrogens (tertiary/aromatic N) is 1. The SMILES string of the molecule is O=C(NCCc1cnc[nH]1)C(Cl)(Cl)Cl. The molecule has 0 atom stereocenters. The molecule has 1 aromatic rings. The molecule has 0 bridgehead atoms. The molecular formula is C7H8Cl3N3O. The molecule has 0 saturated carbocycles. The molecule has 7 heteroatoms. The Morgan fingerprint density at radius 1 is 1.57 bits per heavy atom. The number of H-pyrrole nitrogens is 1. The monoisotopic (exact) mass is 255 g/mol. The molecule has 14 heavy (non-hydrogen) atoms. The molecule has 0 unspecified atom stereocenters. The van der Waals surface area contributed by atoms with Crippen LogP contribution in [0.4, 0.5) is 0 Å². The van der Waals surface area contributed by atoms with Gasteiger partial charge in [-0.05, 0) is 0 Å². The summed E-state index contributed by atoms with van der Waals surface area (Å²) in [6.45, 7) is 0.398. The van der Waals surface area contributed by atoms with Crippen molar-refractivity contribution in [2.75, 3.05) is 6.54 Å². The zero-order valence-corrected chi connectivity index (χ0v) is 9.33. The number of rotatable bonds is 3. The fourth-order valence-corrected chi connectivity index (χ4v) is 1.03. The first-order valence-corrected chi connectivity index (χ1v) is 4.96. The summed E-state index contributed by atoms with van der Waals surface area (Å²) in [7, 11) is 0. The van der Waals surface area contributed by atoms with Gasteiger partial charge in [-0.2, -0.15) is 0 Å². The maximum Gasteiger partial charge on any atom is 0.272 e. The Balaban J connectivity index is 2.26. The first-order valence-electron chi connectivity index (χ1n) is 3.82. The van der Waals surface area contributed by atoms with Crippen LogP contribution in [0.5, 0.6) is 0 Å². The molecule has 4 nitrogen and oxygen atoms in total. The fraction of sp³-hybridized carbons (Fsp3) is 0.429. The average molecular weight is 257 g/mol. The molecular weight excluding hydrogens is 248 g/mol. The zero-order valence-electron chi connectivity index (χ0n) is 7.06. The van der Waals surface area contributed by atoms with Crippen molar-refractivity contribution in [2.24, 2.45) is 0 Å². The highest BCUT2D eigenvalue weighted by Crippen LogP contribution is 2.25. The van der Waals surface area contributed by atoms with Gasteiger partial charge in [0, 0.05) is 24.9 Å². The number of carbonyl (C=O) groups excluding carboxylic acids is 1. The van der Waals surface area contributed by atoms with Crippen LogP contribution in [0.2, 0.25) is 0 Å². The Morgan fingerprint density at radius 3 is 2.79 bits per heavy atom. The van der Waals surface area contributed by atoms with Crippen molar-refractivity contribution >= 4 is 40.7 Å². The Hall–Kier alpha value is -0.450. The maximum atomic E-state index is 11.1. The smallest absolute Gasteiger partial charge is 0.272 e. The standard InChI is InChI=1S/C7H8Cl3N3O/c8-7(9,10)6(14)12-2-1-5-3-11-4-13-5/h3-4H,1-2H2,(H,11,13)(H,12,14). The van der Waals surface area contributed by atoms with Gasteiger partial charge in [-0.3, -0.25) is 4.79 Å². The van der Waals surface area contributed by atoms with E-state index in [1.165, 1.54) is 0 Å². The second kappa shape index (κ2) is 4.87. The molecule has 0 radical (unpaired) electrons. The molecule has 0 aliphatic carbocycles. The summed E-state index contributed by atoms with van der Waals surface area (Å²) in [5, 5.41) is 2.48. The van der Waals surface area contributed by atoms with E-state index in [9.17, 15) is 4.79 Å². The van der Waals surface area contributed by atoms with Gasteiger partial charge in [0.25, 0.3) is 9.70 Å². The number of halogens is 3. The summed E-state index contributed by atoms with van der Waals surface area (Å²) in [6, 6.07) is 0. The van der Waals surface area contributed by atoms with Gasteiger partial charge in [0.1, 0.15) is 0 Å². The summed E-state index contributed by atoms with van der Waals surface area (Å²) in [4.78, 5) is 17.8. The predicted octanol–water partition coefficient (Wildman–Crippen LogP) is 1.44. The Kier molecular flexibility index (Phi) is 4.04. The zero-order chi connectivity index (χ0) is 10.6. The number of amides is 1. The normalized spacial score (nSPS) is 11.4. The van der Waals surface area contributed by atoms with Crippen LogP contribution in [0.3, 0.4) is 0 Å². The van der Waals surface area contributed by atoms with Crippen molar-refractivity contribution in [3.05, 3.63) is 18.2 Å². The summed E-state index contributed by atoms with van der Waals surface area (Å²) in [5.74, 6) is -0.623. The third-order valence-corrected chi connectivity index (χ3v) is 2.01. The van der Waals surface area contributed by atoms with E-state index >= 15 is 0 Å². The van der Waals surface area contributed by atoms with Crippen LogP contribution >= 0.6 is 34.8 Å². The third-order valence-electron chi connectivity index (χ3n) is 1.49. The number of nitrogens with one attached hydrogen (secondary N) is 2. The van der Waals surface area contributed by atoms with Gasteiger partial charge in [-0.25, -0.2) is 4.98 Å². The number of hydrogen-bond acceptors (Lipinski definition) is 2. The number of alkyl halides is 3. The van der Waals surface area contributed by atoms with E-state index in [-0.39, 0.29) is 0 Å². The van der Waals surface area contributed by atoms with Crippen molar-refractivity contribution in [1.29, 1.82) is 0 Å². The van der Waals surface area contributed by atoms with Crippen LogP contribution in [0.15, 0.2) is 12.5 Å². The van der Waals surface area contributed by atoms with E-state index in [1.807, 2.05) is 0 Å². The Morgan fingerprint density at radius 2 is 2.29 bits per heavy atom. The number of imidazole rings is 1. The van der Waals surface area contributed by atoms with Crippen LogP contribution in [-0.2, 0) is 11.2 Å². The van der Waals surface area contributed by atoms with Crippen LogP contribution < -0.4 is 5.32 Å². The first-order chi connectivity index (χ1) is 6.50. The van der Waals surface area contributed by atoms with Crippen molar-refractivity contribution in [3.8, 4) is 0 Å². The summed E-state index contributed by atoms with van der Waals surface area (Å²) in [6.07, 6.45) is 3.85. The molecule has 0 fully saturated rings. The van der Waals surface area contributed by atoms with Crippen LogP contribution in [0.1, 0.15) is 5.69 Å². The summed E-state index contributed by atoms with van der Waals surface area (Å²) >= 11 is 16.0. The topological polar surface area (TPSA) is 57.8 Å². The van der Waals surface area contributed by atoms with Crippen molar-refractivity contribution in [2.45, 2.75) is 10.2 Å². The van der Waals surface area contributed by atoms with Crippen LogP contribution in [0, 0.1) is 0 Å². The minimum Gasteiger partial charge on any atom is -0.352 e. The van der Waals surface area contributed by atoms with Crippen molar-refractivity contribution < 1.29 is 4.79 Å². The molecule has 1 amide bonds. The van der Waals surface area contributed by atoms with Crippen molar-refractivity contribution in [3.63, 3.8) is 0 Å². The molecule has 2 N–H and O–H groups in total.